The van der Waals surface area contributed by atoms with Crippen LogP contribution in [-0.4, -0.2) is 75.7 Å². The van der Waals surface area contributed by atoms with Crippen LogP contribution in [0.5, 0.6) is 17.2 Å². The number of ether oxygens (including phenoxy) is 3. The lowest BCUT2D eigenvalue weighted by Gasteiger charge is -2.33. The minimum Gasteiger partial charge on any atom is -0.493 e. The Hall–Kier alpha value is -3.20. The first kappa shape index (κ1) is 20.5. The van der Waals surface area contributed by atoms with Crippen LogP contribution in [-0.2, 0) is 4.79 Å². The molecule has 0 atom stereocenters. The highest BCUT2D eigenvalue weighted by atomic mass is 16.5. The van der Waals surface area contributed by atoms with Gasteiger partial charge in [-0.25, -0.2) is 0 Å². The number of furan rings is 1. The maximum atomic E-state index is 12.5. The summed E-state index contributed by atoms with van der Waals surface area (Å²) in [5, 5.41) is 2.85. The zero-order chi connectivity index (χ0) is 20.8. The fraction of sp³-hybridized carbons (Fsp3) is 0.400. The summed E-state index contributed by atoms with van der Waals surface area (Å²) in [5.74, 6) is 1.44. The van der Waals surface area contributed by atoms with Gasteiger partial charge < -0.3 is 28.8 Å². The second-order valence-corrected chi connectivity index (χ2v) is 6.51. The Kier molecular flexibility index (Phi) is 6.61. The molecule has 2 aromatic rings. The van der Waals surface area contributed by atoms with Crippen LogP contribution < -0.4 is 19.5 Å². The van der Waals surface area contributed by atoms with Gasteiger partial charge in [0.1, 0.15) is 0 Å². The number of amides is 2. The second-order valence-electron chi connectivity index (χ2n) is 6.51. The molecule has 156 valence electrons. The number of anilines is 1. The molecular formula is C20H25N3O6. The summed E-state index contributed by atoms with van der Waals surface area (Å²) in [5.41, 5.74) is 0.552. The van der Waals surface area contributed by atoms with Crippen molar-refractivity contribution in [3.8, 4) is 17.2 Å². The highest BCUT2D eigenvalue weighted by Gasteiger charge is 2.25. The van der Waals surface area contributed by atoms with Crippen molar-refractivity contribution in [1.29, 1.82) is 0 Å². The average molecular weight is 403 g/mol. The van der Waals surface area contributed by atoms with E-state index in [0.717, 1.165) is 0 Å². The fourth-order valence-electron chi connectivity index (χ4n) is 3.22. The molecule has 1 aromatic carbocycles. The van der Waals surface area contributed by atoms with E-state index in [1.807, 2.05) is 4.90 Å². The molecule has 1 fully saturated rings. The van der Waals surface area contributed by atoms with Gasteiger partial charge in [-0.3, -0.25) is 14.5 Å². The van der Waals surface area contributed by atoms with E-state index < -0.39 is 0 Å². The Labute approximate surface area is 169 Å². The topological polar surface area (TPSA) is 93.5 Å². The smallest absolute Gasteiger partial charge is 0.289 e. The molecule has 1 aromatic heterocycles. The minimum absolute atomic E-state index is 0.128. The predicted molar refractivity (Wildman–Crippen MR) is 106 cm³/mol. The van der Waals surface area contributed by atoms with E-state index in [4.69, 9.17) is 18.6 Å². The molecular weight excluding hydrogens is 378 g/mol. The second kappa shape index (κ2) is 9.33. The van der Waals surface area contributed by atoms with Crippen molar-refractivity contribution in [3.05, 3.63) is 36.3 Å². The number of hydrogen-bond donors (Lipinski definition) is 1. The van der Waals surface area contributed by atoms with Crippen molar-refractivity contribution in [3.63, 3.8) is 0 Å². The van der Waals surface area contributed by atoms with E-state index in [9.17, 15) is 9.59 Å². The first-order chi connectivity index (χ1) is 14.0. The molecule has 1 saturated heterocycles. The quantitative estimate of drug-likeness (QED) is 0.752. The number of nitrogens with one attached hydrogen (secondary N) is 1. The highest BCUT2D eigenvalue weighted by molar-refractivity contribution is 5.93. The number of nitrogens with zero attached hydrogens (tertiary/aromatic N) is 2. The first-order valence-corrected chi connectivity index (χ1v) is 9.20. The minimum atomic E-state index is -0.162. The van der Waals surface area contributed by atoms with Gasteiger partial charge in [-0.15, -0.1) is 0 Å². The highest BCUT2D eigenvalue weighted by Crippen LogP contribution is 2.39. The molecule has 3 rings (SSSR count). The zero-order valence-corrected chi connectivity index (χ0v) is 16.8. The fourth-order valence-corrected chi connectivity index (χ4v) is 3.22. The molecule has 0 radical (unpaired) electrons. The van der Waals surface area contributed by atoms with Gasteiger partial charge in [-0.2, -0.15) is 0 Å². The van der Waals surface area contributed by atoms with Crippen LogP contribution >= 0.6 is 0 Å². The van der Waals surface area contributed by atoms with Crippen LogP contribution in [0.2, 0.25) is 0 Å². The van der Waals surface area contributed by atoms with E-state index in [0.29, 0.717) is 54.9 Å². The molecule has 2 amide bonds. The van der Waals surface area contributed by atoms with Gasteiger partial charge in [0, 0.05) is 44.0 Å². The van der Waals surface area contributed by atoms with Crippen molar-refractivity contribution in [2.24, 2.45) is 0 Å². The third-order valence-electron chi connectivity index (χ3n) is 4.71. The van der Waals surface area contributed by atoms with E-state index >= 15 is 0 Å². The van der Waals surface area contributed by atoms with Gasteiger partial charge in [0.25, 0.3) is 5.91 Å². The number of piperazine rings is 1. The lowest BCUT2D eigenvalue weighted by molar-refractivity contribution is -0.117. The van der Waals surface area contributed by atoms with Crippen molar-refractivity contribution in [2.45, 2.75) is 0 Å². The molecule has 1 aliphatic rings. The molecule has 29 heavy (non-hydrogen) atoms. The lowest BCUT2D eigenvalue weighted by atomic mass is 10.2. The SMILES string of the molecule is COc1cc(NC(=O)CN2CCN(C(=O)c3ccco3)CC2)cc(OC)c1OC. The maximum Gasteiger partial charge on any atom is 0.289 e. The monoisotopic (exact) mass is 403 g/mol. The Balaban J connectivity index is 1.55. The van der Waals surface area contributed by atoms with E-state index in [1.165, 1.54) is 27.6 Å². The van der Waals surface area contributed by atoms with Crippen LogP contribution in [0.15, 0.2) is 34.9 Å². The van der Waals surface area contributed by atoms with Gasteiger partial charge in [-0.05, 0) is 12.1 Å². The Morgan fingerprint density at radius 1 is 1.03 bits per heavy atom. The van der Waals surface area contributed by atoms with Crippen molar-refractivity contribution in [1.82, 2.24) is 9.80 Å². The molecule has 0 spiro atoms. The van der Waals surface area contributed by atoms with Crippen molar-refractivity contribution in [2.75, 3.05) is 59.4 Å². The molecule has 1 N–H and O–H groups in total. The van der Waals surface area contributed by atoms with Crippen LogP contribution in [0.1, 0.15) is 10.6 Å². The maximum absolute atomic E-state index is 12.5. The lowest BCUT2D eigenvalue weighted by Crippen LogP contribution is -2.50. The molecule has 2 heterocycles. The van der Waals surface area contributed by atoms with Gasteiger partial charge in [0.15, 0.2) is 17.3 Å². The third-order valence-corrected chi connectivity index (χ3v) is 4.71. The largest absolute Gasteiger partial charge is 0.493 e. The number of rotatable bonds is 7. The number of carbonyl (C=O) groups is 2. The molecule has 1 aliphatic heterocycles. The van der Waals surface area contributed by atoms with Gasteiger partial charge in [0.05, 0.1) is 34.1 Å². The third kappa shape index (κ3) is 4.80. The van der Waals surface area contributed by atoms with Gasteiger partial charge in [-0.1, -0.05) is 0 Å². The summed E-state index contributed by atoms with van der Waals surface area (Å²) >= 11 is 0. The Bertz CT molecular complexity index is 819. The first-order valence-electron chi connectivity index (χ1n) is 9.20. The molecule has 0 unspecified atom stereocenters. The number of hydrogen-bond acceptors (Lipinski definition) is 7. The van der Waals surface area contributed by atoms with Crippen LogP contribution in [0.4, 0.5) is 5.69 Å². The summed E-state index contributed by atoms with van der Waals surface area (Å²) in [6.07, 6.45) is 1.48. The average Bonchev–Trinajstić information content (AvgIpc) is 3.27. The summed E-state index contributed by atoms with van der Waals surface area (Å²) in [7, 11) is 4.56. The van der Waals surface area contributed by atoms with E-state index in [-0.39, 0.29) is 18.4 Å². The normalized spacial score (nSPS) is 14.4. The number of benzene rings is 1. The predicted octanol–water partition coefficient (Wildman–Crippen LogP) is 1.70. The molecule has 0 saturated carbocycles. The molecule has 9 nitrogen and oxygen atoms in total. The van der Waals surface area contributed by atoms with Crippen molar-refractivity contribution < 1.29 is 28.2 Å². The van der Waals surface area contributed by atoms with Gasteiger partial charge in [0.2, 0.25) is 11.7 Å². The standard InChI is InChI=1S/C20H25N3O6/c1-26-16-11-14(12-17(27-2)19(16)28-3)21-18(24)13-22-6-8-23(9-7-22)20(25)15-5-4-10-29-15/h4-5,10-12H,6-9,13H2,1-3H3,(H,21,24). The van der Waals surface area contributed by atoms with Crippen LogP contribution in [0.25, 0.3) is 0 Å². The molecule has 9 heteroatoms. The molecule has 0 aliphatic carbocycles. The molecule has 0 bridgehead atoms. The van der Waals surface area contributed by atoms with Crippen molar-refractivity contribution >= 4 is 17.5 Å². The number of methoxy groups -OCH3 is 3. The Morgan fingerprint density at radius 2 is 1.69 bits per heavy atom. The Morgan fingerprint density at radius 3 is 2.21 bits per heavy atom. The summed E-state index contributed by atoms with van der Waals surface area (Å²) < 4.78 is 21.1. The van der Waals surface area contributed by atoms with E-state index in [2.05, 4.69) is 5.32 Å². The summed E-state index contributed by atoms with van der Waals surface area (Å²) in [6.45, 7) is 2.51. The van der Waals surface area contributed by atoms with Crippen LogP contribution in [0.3, 0.4) is 0 Å². The van der Waals surface area contributed by atoms with E-state index in [1.54, 1.807) is 29.2 Å². The van der Waals surface area contributed by atoms with Gasteiger partial charge >= 0.3 is 0 Å². The van der Waals surface area contributed by atoms with Crippen LogP contribution in [0, 0.1) is 0 Å². The number of carbonyl (C=O) groups excluding carboxylic acids is 2. The zero-order valence-electron chi connectivity index (χ0n) is 16.8. The summed E-state index contributed by atoms with van der Waals surface area (Å²) in [4.78, 5) is 28.5. The summed E-state index contributed by atoms with van der Waals surface area (Å²) in [6, 6.07) is 6.70.